The molecule has 0 aliphatic heterocycles. The molecule has 0 bridgehead atoms. The lowest BCUT2D eigenvalue weighted by molar-refractivity contribution is 0.0956. The van der Waals surface area contributed by atoms with Crippen molar-refractivity contribution in [2.24, 2.45) is 5.10 Å². The molecule has 4 nitrogen and oxygen atoms in total. The molecule has 166 valence electrons. The van der Waals surface area contributed by atoms with Crippen molar-refractivity contribution < 1.29 is 4.79 Å². The monoisotopic (exact) mass is 475 g/mol. The van der Waals surface area contributed by atoms with Crippen LogP contribution >= 0.6 is 23.2 Å². The Labute approximate surface area is 203 Å². The highest BCUT2D eigenvalue weighted by Gasteiger charge is 2.16. The Balaban J connectivity index is 1.75. The van der Waals surface area contributed by atoms with E-state index < -0.39 is 0 Å². The highest BCUT2D eigenvalue weighted by molar-refractivity contribution is 6.35. The fourth-order valence-electron chi connectivity index (χ4n) is 3.65. The van der Waals surface area contributed by atoms with Crippen molar-refractivity contribution in [1.82, 2.24) is 10.4 Å². The van der Waals surface area contributed by atoms with E-state index in [-0.39, 0.29) is 5.91 Å². The molecule has 0 fully saturated rings. The molecule has 0 aliphatic rings. The summed E-state index contributed by atoms with van der Waals surface area (Å²) in [5.41, 5.74) is 8.18. The van der Waals surface area contributed by atoms with Gasteiger partial charge in [0, 0.05) is 16.0 Å². The molecule has 0 atom stereocenters. The first kappa shape index (κ1) is 23.0. The average molecular weight is 476 g/mol. The summed E-state index contributed by atoms with van der Waals surface area (Å²) in [4.78, 5) is 18.0. The molecule has 1 heterocycles. The van der Waals surface area contributed by atoms with Gasteiger partial charge in [-0.05, 0) is 48.2 Å². The van der Waals surface area contributed by atoms with Crippen molar-refractivity contribution in [2.45, 2.75) is 26.7 Å². The van der Waals surface area contributed by atoms with Gasteiger partial charge in [-0.1, -0.05) is 85.6 Å². The number of rotatable bonds is 6. The minimum Gasteiger partial charge on any atom is -0.267 e. The third-order valence-electron chi connectivity index (χ3n) is 5.48. The second-order valence-corrected chi connectivity index (χ2v) is 8.45. The lowest BCUT2D eigenvalue weighted by Crippen LogP contribution is -2.20. The van der Waals surface area contributed by atoms with E-state index in [9.17, 15) is 4.79 Å². The summed E-state index contributed by atoms with van der Waals surface area (Å²) >= 11 is 12.6. The number of benzene rings is 3. The number of aromatic nitrogens is 1. The minimum absolute atomic E-state index is 0.330. The number of para-hydroxylation sites is 1. The fourth-order valence-corrected chi connectivity index (χ4v) is 4.06. The number of nitrogens with zero attached hydrogens (tertiary/aromatic N) is 2. The molecule has 33 heavy (non-hydrogen) atoms. The van der Waals surface area contributed by atoms with Gasteiger partial charge in [0.1, 0.15) is 0 Å². The molecule has 3 aromatic carbocycles. The van der Waals surface area contributed by atoms with Crippen molar-refractivity contribution in [1.29, 1.82) is 0 Å². The Bertz CT molecular complexity index is 1350. The zero-order valence-electron chi connectivity index (χ0n) is 18.4. The van der Waals surface area contributed by atoms with Gasteiger partial charge in [0.25, 0.3) is 5.91 Å². The number of amides is 1. The predicted octanol–water partition coefficient (Wildman–Crippen LogP) is 7.32. The van der Waals surface area contributed by atoms with Crippen LogP contribution in [0, 0.1) is 0 Å². The average Bonchev–Trinajstić information content (AvgIpc) is 2.84. The van der Waals surface area contributed by atoms with Crippen molar-refractivity contribution in [3.63, 3.8) is 0 Å². The summed E-state index contributed by atoms with van der Waals surface area (Å²) < 4.78 is 0. The summed E-state index contributed by atoms with van der Waals surface area (Å²) in [6.07, 6.45) is 1.59. The second kappa shape index (κ2) is 10.2. The first-order valence-electron chi connectivity index (χ1n) is 10.8. The zero-order chi connectivity index (χ0) is 23.4. The van der Waals surface area contributed by atoms with Crippen LogP contribution in [0.25, 0.3) is 22.2 Å². The van der Waals surface area contributed by atoms with Crippen LogP contribution < -0.4 is 5.43 Å². The van der Waals surface area contributed by atoms with Gasteiger partial charge in [0.2, 0.25) is 0 Å². The number of hydrogen-bond acceptors (Lipinski definition) is 3. The van der Waals surface area contributed by atoms with Crippen LogP contribution in [0.3, 0.4) is 0 Å². The van der Waals surface area contributed by atoms with E-state index >= 15 is 0 Å². The van der Waals surface area contributed by atoms with Crippen molar-refractivity contribution in [3.05, 3.63) is 99.5 Å². The Kier molecular flexibility index (Phi) is 7.07. The second-order valence-electron chi connectivity index (χ2n) is 7.60. The normalized spacial score (nSPS) is 11.6. The third kappa shape index (κ3) is 5.08. The van der Waals surface area contributed by atoms with Crippen LogP contribution in [0.4, 0.5) is 0 Å². The molecule has 0 saturated heterocycles. The number of carbonyl (C=O) groups excluding carboxylic acids is 1. The van der Waals surface area contributed by atoms with Crippen LogP contribution in [-0.4, -0.2) is 16.6 Å². The molecule has 4 rings (SSSR count). The molecule has 0 aliphatic carbocycles. The predicted molar refractivity (Wildman–Crippen MR) is 137 cm³/mol. The highest BCUT2D eigenvalue weighted by Crippen LogP contribution is 2.29. The van der Waals surface area contributed by atoms with E-state index in [1.165, 1.54) is 5.56 Å². The van der Waals surface area contributed by atoms with Crippen LogP contribution in [0.15, 0.2) is 77.9 Å². The van der Waals surface area contributed by atoms with Crippen molar-refractivity contribution in [2.75, 3.05) is 0 Å². The van der Waals surface area contributed by atoms with Crippen LogP contribution in [0.2, 0.25) is 10.0 Å². The molecule has 0 unspecified atom stereocenters. The Morgan fingerprint density at radius 1 is 0.970 bits per heavy atom. The first-order chi connectivity index (χ1) is 16.0. The lowest BCUT2D eigenvalue weighted by atomic mass is 10.0. The van der Waals surface area contributed by atoms with E-state index in [0.29, 0.717) is 38.6 Å². The molecule has 0 radical (unpaired) electrons. The summed E-state index contributed by atoms with van der Waals surface area (Å²) in [6, 6.07) is 22.8. The summed E-state index contributed by atoms with van der Waals surface area (Å²) in [5.74, 6) is -0.330. The maximum atomic E-state index is 13.3. The number of aryl methyl sites for hydroxylation is 1. The Hall–Kier alpha value is -3.21. The lowest BCUT2D eigenvalue weighted by Gasteiger charge is -2.11. The van der Waals surface area contributed by atoms with E-state index in [1.807, 2.05) is 49.4 Å². The van der Waals surface area contributed by atoms with Crippen LogP contribution in [0.1, 0.15) is 41.8 Å². The number of halogens is 2. The third-order valence-corrected chi connectivity index (χ3v) is 6.02. The van der Waals surface area contributed by atoms with Gasteiger partial charge >= 0.3 is 0 Å². The molecule has 6 heteroatoms. The highest BCUT2D eigenvalue weighted by atomic mass is 35.5. The smallest absolute Gasteiger partial charge is 0.267 e. The number of hydrazone groups is 1. The van der Waals surface area contributed by atoms with Gasteiger partial charge in [-0.3, -0.25) is 4.79 Å². The maximum absolute atomic E-state index is 13.3. The Morgan fingerprint density at radius 2 is 1.73 bits per heavy atom. The number of hydrogen-bond donors (Lipinski definition) is 1. The standard InChI is InChI=1S/C27H23Cl2N3O/c1-3-17-11-13-18(14-12-17)25-16-22(21-9-6-10-23(29)26(21)30-25)27(33)32-31-24(4-2)19-7-5-8-20(28)15-19/h5-16H,3-4H2,1-2H3,(H,32,33)/b31-24+. The fraction of sp³-hybridized carbons (Fsp3) is 0.148. The van der Waals surface area contributed by atoms with Gasteiger partial charge in [0.15, 0.2) is 0 Å². The molecular formula is C27H23Cl2N3O. The summed E-state index contributed by atoms with van der Waals surface area (Å²) in [7, 11) is 0. The van der Waals surface area contributed by atoms with Crippen LogP contribution in [0.5, 0.6) is 0 Å². The van der Waals surface area contributed by atoms with Crippen LogP contribution in [-0.2, 0) is 6.42 Å². The summed E-state index contributed by atoms with van der Waals surface area (Å²) in [5, 5.41) is 6.17. The zero-order valence-corrected chi connectivity index (χ0v) is 19.9. The van der Waals surface area contributed by atoms with E-state index in [1.54, 1.807) is 18.2 Å². The molecular weight excluding hydrogens is 453 g/mol. The number of pyridine rings is 1. The van der Waals surface area contributed by atoms with E-state index in [4.69, 9.17) is 28.2 Å². The SMILES string of the molecule is CC/C(=N\NC(=O)c1cc(-c2ccc(CC)cc2)nc2c(Cl)cccc12)c1cccc(Cl)c1. The van der Waals surface area contributed by atoms with Gasteiger partial charge in [-0.15, -0.1) is 0 Å². The maximum Gasteiger partial charge on any atom is 0.272 e. The topological polar surface area (TPSA) is 54.4 Å². The Morgan fingerprint density at radius 3 is 2.42 bits per heavy atom. The van der Waals surface area contributed by atoms with Gasteiger partial charge in [-0.25, -0.2) is 10.4 Å². The number of carbonyl (C=O) groups is 1. The van der Waals surface area contributed by atoms with E-state index in [2.05, 4.69) is 29.6 Å². The molecule has 4 aromatic rings. The molecule has 0 saturated carbocycles. The number of fused-ring (bicyclic) bond motifs is 1. The van der Waals surface area contributed by atoms with Gasteiger partial charge in [-0.2, -0.15) is 5.10 Å². The van der Waals surface area contributed by atoms with Gasteiger partial charge in [0.05, 0.1) is 27.5 Å². The molecule has 1 amide bonds. The van der Waals surface area contributed by atoms with Gasteiger partial charge < -0.3 is 0 Å². The first-order valence-corrected chi connectivity index (χ1v) is 11.6. The molecule has 1 N–H and O–H groups in total. The molecule has 0 spiro atoms. The summed E-state index contributed by atoms with van der Waals surface area (Å²) in [6.45, 7) is 4.09. The van der Waals surface area contributed by atoms with Crippen molar-refractivity contribution >= 4 is 45.7 Å². The van der Waals surface area contributed by atoms with E-state index in [0.717, 1.165) is 23.3 Å². The number of nitrogens with one attached hydrogen (secondary N) is 1. The van der Waals surface area contributed by atoms with Crippen molar-refractivity contribution in [3.8, 4) is 11.3 Å². The molecule has 1 aromatic heterocycles. The largest absolute Gasteiger partial charge is 0.272 e. The quantitative estimate of drug-likeness (QED) is 0.234. The minimum atomic E-state index is -0.330.